The summed E-state index contributed by atoms with van der Waals surface area (Å²) in [4.78, 5) is 33.1. The molecule has 1 atom stereocenters. The number of methoxy groups -OCH3 is 1. The molecule has 0 fully saturated rings. The second-order valence-corrected chi connectivity index (χ2v) is 3.01. The maximum Gasteiger partial charge on any atom is 0.355 e. The Morgan fingerprint density at radius 1 is 1.29 bits per heavy atom. The predicted octanol–water partition coefficient (Wildman–Crippen LogP) is 0.723. The van der Waals surface area contributed by atoms with Crippen LogP contribution in [0.1, 0.15) is 10.4 Å². The zero-order valence-electron chi connectivity index (χ0n) is 8.88. The maximum absolute atomic E-state index is 12.6. The van der Waals surface area contributed by atoms with Crippen LogP contribution in [0.15, 0.2) is 24.3 Å². The van der Waals surface area contributed by atoms with E-state index in [4.69, 9.17) is 0 Å². The molecule has 1 aromatic rings. The summed E-state index contributed by atoms with van der Waals surface area (Å²) in [5, 5.41) is 0. The van der Waals surface area contributed by atoms with Gasteiger partial charge in [-0.15, -0.1) is 0 Å². The molecule has 6 heteroatoms. The number of Topliss-reactive ketones (excluding diaryl/α,β-unsaturated/α-hetero) is 1. The molecule has 0 saturated carbocycles. The number of halogens is 1. The Morgan fingerprint density at radius 3 is 2.35 bits per heavy atom. The van der Waals surface area contributed by atoms with Crippen molar-refractivity contribution in [2.75, 3.05) is 7.11 Å². The van der Waals surface area contributed by atoms with E-state index in [9.17, 15) is 18.8 Å². The van der Waals surface area contributed by atoms with Crippen LogP contribution >= 0.6 is 0 Å². The molecule has 0 saturated heterocycles. The lowest BCUT2D eigenvalue weighted by atomic mass is 10.1. The van der Waals surface area contributed by atoms with Crippen LogP contribution in [0, 0.1) is 5.82 Å². The molecule has 17 heavy (non-hydrogen) atoms. The lowest BCUT2D eigenvalue weighted by molar-refractivity contribution is -0.155. The van der Waals surface area contributed by atoms with Crippen molar-refractivity contribution < 1.29 is 28.2 Å². The highest BCUT2D eigenvalue weighted by Crippen LogP contribution is 2.09. The predicted molar refractivity (Wildman–Crippen MR) is 53.7 cm³/mol. The fourth-order valence-electron chi connectivity index (χ4n) is 1.15. The summed E-state index contributed by atoms with van der Waals surface area (Å²) in [7, 11) is 1.06. The number of benzene rings is 1. The Balaban J connectivity index is 2.95. The van der Waals surface area contributed by atoms with E-state index in [1.807, 2.05) is 0 Å². The largest absolute Gasteiger partial charge is 0.466 e. The van der Waals surface area contributed by atoms with E-state index >= 15 is 0 Å². The van der Waals surface area contributed by atoms with Gasteiger partial charge in [0.15, 0.2) is 0 Å². The van der Waals surface area contributed by atoms with E-state index in [2.05, 4.69) is 9.47 Å². The van der Waals surface area contributed by atoms with Gasteiger partial charge >= 0.3 is 5.97 Å². The molecule has 0 spiro atoms. The SMILES string of the molecule is COC(=O)C(OC=O)C(=O)c1ccc(F)cc1. The molecule has 0 aliphatic rings. The average molecular weight is 240 g/mol. The Labute approximate surface area is 96.1 Å². The van der Waals surface area contributed by atoms with Gasteiger partial charge in [-0.1, -0.05) is 0 Å². The van der Waals surface area contributed by atoms with Crippen LogP contribution in [-0.2, 0) is 19.1 Å². The van der Waals surface area contributed by atoms with Gasteiger partial charge in [-0.05, 0) is 24.3 Å². The van der Waals surface area contributed by atoms with Crippen molar-refractivity contribution in [2.45, 2.75) is 6.10 Å². The van der Waals surface area contributed by atoms with Gasteiger partial charge in [-0.3, -0.25) is 9.59 Å². The van der Waals surface area contributed by atoms with Gasteiger partial charge in [0, 0.05) is 5.56 Å². The summed E-state index contributed by atoms with van der Waals surface area (Å²) in [5.41, 5.74) is 0.0450. The van der Waals surface area contributed by atoms with Crippen molar-refractivity contribution in [1.29, 1.82) is 0 Å². The molecule has 1 unspecified atom stereocenters. The molecule has 0 aliphatic carbocycles. The molecule has 1 rings (SSSR count). The number of esters is 1. The highest BCUT2D eigenvalue weighted by molar-refractivity contribution is 6.11. The lowest BCUT2D eigenvalue weighted by Gasteiger charge is -2.11. The number of carbonyl (C=O) groups excluding carboxylic acids is 3. The van der Waals surface area contributed by atoms with Gasteiger partial charge in [0.05, 0.1) is 7.11 Å². The van der Waals surface area contributed by atoms with E-state index < -0.39 is 23.7 Å². The second-order valence-electron chi connectivity index (χ2n) is 3.01. The van der Waals surface area contributed by atoms with Crippen molar-refractivity contribution in [3.63, 3.8) is 0 Å². The fraction of sp³-hybridized carbons (Fsp3) is 0.182. The standard InChI is InChI=1S/C11H9FO5/c1-16-11(15)10(17-6-13)9(14)7-2-4-8(12)5-3-7/h2-6,10H,1H3. The molecule has 0 aromatic heterocycles. The average Bonchev–Trinajstić information content (AvgIpc) is 2.35. The lowest BCUT2D eigenvalue weighted by Crippen LogP contribution is -2.33. The fourth-order valence-corrected chi connectivity index (χ4v) is 1.15. The Kier molecular flexibility index (Phi) is 4.33. The summed E-state index contributed by atoms with van der Waals surface area (Å²) in [6.45, 7) is -0.0248. The summed E-state index contributed by atoms with van der Waals surface area (Å²) < 4.78 is 21.3. The zero-order chi connectivity index (χ0) is 12.8. The number of ether oxygens (including phenoxy) is 2. The van der Waals surface area contributed by atoms with Crippen LogP contribution in [0.4, 0.5) is 4.39 Å². The van der Waals surface area contributed by atoms with Crippen LogP contribution in [0.2, 0.25) is 0 Å². The molecule has 0 N–H and O–H groups in total. The van der Waals surface area contributed by atoms with Crippen LogP contribution in [0.5, 0.6) is 0 Å². The minimum absolute atomic E-state index is 0.0248. The topological polar surface area (TPSA) is 69.7 Å². The smallest absolute Gasteiger partial charge is 0.355 e. The molecule has 5 nitrogen and oxygen atoms in total. The second kappa shape index (κ2) is 5.74. The quantitative estimate of drug-likeness (QED) is 0.328. The van der Waals surface area contributed by atoms with E-state index in [0.29, 0.717) is 0 Å². The van der Waals surface area contributed by atoms with Crippen molar-refractivity contribution >= 4 is 18.2 Å². The highest BCUT2D eigenvalue weighted by Gasteiger charge is 2.30. The summed E-state index contributed by atoms with van der Waals surface area (Å²) in [6.07, 6.45) is -1.66. The number of hydrogen-bond acceptors (Lipinski definition) is 5. The molecule has 1 aromatic carbocycles. The third-order valence-electron chi connectivity index (χ3n) is 1.97. The third-order valence-corrected chi connectivity index (χ3v) is 1.97. The first-order valence-electron chi connectivity index (χ1n) is 4.57. The van der Waals surface area contributed by atoms with Crippen molar-refractivity contribution in [3.8, 4) is 0 Å². The van der Waals surface area contributed by atoms with Crippen molar-refractivity contribution in [2.24, 2.45) is 0 Å². The van der Waals surface area contributed by atoms with Gasteiger partial charge in [0.2, 0.25) is 5.78 Å². The Morgan fingerprint density at radius 2 is 1.88 bits per heavy atom. The summed E-state index contributed by atoms with van der Waals surface area (Å²) >= 11 is 0. The van der Waals surface area contributed by atoms with Crippen LogP contribution in [-0.4, -0.2) is 31.4 Å². The van der Waals surface area contributed by atoms with E-state index in [-0.39, 0.29) is 12.0 Å². The molecule has 0 radical (unpaired) electrons. The first-order valence-corrected chi connectivity index (χ1v) is 4.57. The molecular weight excluding hydrogens is 231 g/mol. The van der Waals surface area contributed by atoms with E-state index in [1.54, 1.807) is 0 Å². The minimum atomic E-state index is -1.66. The van der Waals surface area contributed by atoms with Gasteiger partial charge in [0.25, 0.3) is 12.6 Å². The molecule has 90 valence electrons. The number of carbonyl (C=O) groups is 3. The molecular formula is C11H9FO5. The van der Waals surface area contributed by atoms with Gasteiger partial charge in [-0.2, -0.15) is 0 Å². The Bertz CT molecular complexity index is 426. The van der Waals surface area contributed by atoms with Crippen LogP contribution in [0.3, 0.4) is 0 Å². The first kappa shape index (κ1) is 12.8. The number of hydrogen-bond donors (Lipinski definition) is 0. The normalized spacial score (nSPS) is 11.4. The van der Waals surface area contributed by atoms with Crippen LogP contribution in [0.25, 0.3) is 0 Å². The molecule has 0 aliphatic heterocycles. The summed E-state index contributed by atoms with van der Waals surface area (Å²) in [6, 6.07) is 4.48. The molecule has 0 heterocycles. The number of ketones is 1. The number of rotatable bonds is 5. The van der Waals surface area contributed by atoms with Crippen molar-refractivity contribution in [3.05, 3.63) is 35.6 Å². The van der Waals surface area contributed by atoms with Crippen LogP contribution < -0.4 is 0 Å². The molecule has 0 amide bonds. The third kappa shape index (κ3) is 3.10. The summed E-state index contributed by atoms with van der Waals surface area (Å²) in [5.74, 6) is -2.29. The highest BCUT2D eigenvalue weighted by atomic mass is 19.1. The van der Waals surface area contributed by atoms with Gasteiger partial charge < -0.3 is 9.47 Å². The molecule has 0 bridgehead atoms. The Hall–Kier alpha value is -2.24. The van der Waals surface area contributed by atoms with E-state index in [1.165, 1.54) is 12.1 Å². The first-order chi connectivity index (χ1) is 8.10. The maximum atomic E-state index is 12.6. The van der Waals surface area contributed by atoms with Gasteiger partial charge in [0.1, 0.15) is 5.82 Å². The monoisotopic (exact) mass is 240 g/mol. The van der Waals surface area contributed by atoms with Crippen molar-refractivity contribution in [1.82, 2.24) is 0 Å². The minimum Gasteiger partial charge on any atom is -0.466 e. The van der Waals surface area contributed by atoms with Gasteiger partial charge in [-0.25, -0.2) is 9.18 Å². The zero-order valence-corrected chi connectivity index (χ0v) is 8.88. The van der Waals surface area contributed by atoms with E-state index in [0.717, 1.165) is 19.2 Å².